The van der Waals surface area contributed by atoms with Crippen LogP contribution in [-0.2, 0) is 16.0 Å². The summed E-state index contributed by atoms with van der Waals surface area (Å²) < 4.78 is 0. The molecule has 2 aliphatic heterocycles. The van der Waals surface area contributed by atoms with E-state index in [1.807, 2.05) is 45.2 Å². The molecule has 4 amide bonds. The van der Waals surface area contributed by atoms with Crippen LogP contribution in [0, 0.1) is 0 Å². The Morgan fingerprint density at radius 1 is 1.09 bits per heavy atom. The van der Waals surface area contributed by atoms with Gasteiger partial charge in [-0.3, -0.25) is 14.9 Å². The largest absolute Gasteiger partial charge is 0.365 e. The van der Waals surface area contributed by atoms with Gasteiger partial charge in [-0.25, -0.2) is 9.69 Å². The molecule has 0 unspecified atom stereocenters. The Bertz CT molecular complexity index is 1260. The summed E-state index contributed by atoms with van der Waals surface area (Å²) >= 11 is 6.60. The third-order valence-electron chi connectivity index (χ3n) is 6.35. The molecule has 33 heavy (non-hydrogen) atoms. The number of rotatable bonds is 3. The van der Waals surface area contributed by atoms with Crippen molar-refractivity contribution in [3.8, 4) is 0 Å². The number of nitrogens with one attached hydrogen (secondary N) is 1. The van der Waals surface area contributed by atoms with Crippen molar-refractivity contribution in [3.05, 3.63) is 69.8 Å². The quantitative estimate of drug-likeness (QED) is 0.501. The Morgan fingerprint density at radius 3 is 2.48 bits per heavy atom. The van der Waals surface area contributed by atoms with Crippen LogP contribution in [0.2, 0.25) is 5.02 Å². The lowest BCUT2D eigenvalue weighted by Crippen LogP contribution is -2.54. The maximum Gasteiger partial charge on any atom is 0.335 e. The van der Waals surface area contributed by atoms with Gasteiger partial charge in [0.25, 0.3) is 11.8 Å². The minimum Gasteiger partial charge on any atom is -0.365 e. The molecular weight excluding hydrogens is 438 g/mol. The van der Waals surface area contributed by atoms with Gasteiger partial charge in [0, 0.05) is 23.3 Å². The van der Waals surface area contributed by atoms with Gasteiger partial charge in [-0.15, -0.1) is 0 Å². The summed E-state index contributed by atoms with van der Waals surface area (Å²) in [5.41, 5.74) is 4.53. The van der Waals surface area contributed by atoms with Crippen molar-refractivity contribution in [1.82, 2.24) is 5.32 Å². The van der Waals surface area contributed by atoms with E-state index >= 15 is 0 Å². The van der Waals surface area contributed by atoms with E-state index in [4.69, 9.17) is 11.6 Å². The lowest BCUT2D eigenvalue weighted by Gasteiger charge is -2.40. The van der Waals surface area contributed by atoms with Gasteiger partial charge < -0.3 is 4.90 Å². The van der Waals surface area contributed by atoms with Gasteiger partial charge in [0.05, 0.1) is 11.2 Å². The number of nitrogens with zero attached hydrogens (tertiary/aromatic N) is 2. The number of aryl methyl sites for hydroxylation is 1. The summed E-state index contributed by atoms with van der Waals surface area (Å²) in [5, 5.41) is 2.70. The van der Waals surface area contributed by atoms with Crippen LogP contribution in [0.15, 0.2) is 48.0 Å². The molecule has 7 heteroatoms. The maximum atomic E-state index is 13.3. The molecule has 1 saturated heterocycles. The number of halogens is 1. The van der Waals surface area contributed by atoms with Crippen molar-refractivity contribution in [2.75, 3.05) is 16.8 Å². The number of para-hydroxylation sites is 1. The van der Waals surface area contributed by atoms with Crippen LogP contribution in [0.3, 0.4) is 0 Å². The molecule has 0 atom stereocenters. The van der Waals surface area contributed by atoms with E-state index in [2.05, 4.69) is 30.1 Å². The SMILES string of the molecule is CCc1ccccc1N1C(=O)NC(=O)/C(=C\c2cc3c(cc2Cl)N(C)C(C)(C)C=C3C)C1=O. The van der Waals surface area contributed by atoms with Crippen LogP contribution < -0.4 is 15.1 Å². The second-order valence-corrected chi connectivity index (χ2v) is 9.28. The number of fused-ring (bicyclic) bond motifs is 1. The first-order chi connectivity index (χ1) is 15.5. The van der Waals surface area contributed by atoms with Crippen molar-refractivity contribution >= 4 is 52.5 Å². The second-order valence-electron chi connectivity index (χ2n) is 8.87. The van der Waals surface area contributed by atoms with E-state index in [1.165, 1.54) is 6.08 Å². The standard InChI is InChI=1S/C26H26ClN3O3/c1-6-16-9-7-8-10-21(16)30-24(32)19(23(31)28-25(30)33)12-17-11-18-15(2)14-26(3,4)29(5)22(18)13-20(17)27/h7-14H,6H2,1-5H3,(H,28,31,33)/b19-12+. The number of carbonyl (C=O) groups excluding carboxylic acids is 3. The average Bonchev–Trinajstić information content (AvgIpc) is 2.75. The molecule has 0 saturated carbocycles. The Balaban J connectivity index is 1.81. The summed E-state index contributed by atoms with van der Waals surface area (Å²) in [6.07, 6.45) is 4.26. The van der Waals surface area contributed by atoms with Gasteiger partial charge in [-0.2, -0.15) is 0 Å². The molecule has 2 aromatic carbocycles. The number of benzene rings is 2. The van der Waals surface area contributed by atoms with E-state index in [9.17, 15) is 14.4 Å². The normalized spacial score (nSPS) is 18.9. The van der Waals surface area contributed by atoms with Crippen LogP contribution in [-0.4, -0.2) is 30.4 Å². The number of hydrogen-bond acceptors (Lipinski definition) is 4. The first-order valence-corrected chi connectivity index (χ1v) is 11.2. The predicted octanol–water partition coefficient (Wildman–Crippen LogP) is 5.20. The molecule has 0 radical (unpaired) electrons. The monoisotopic (exact) mass is 463 g/mol. The van der Waals surface area contributed by atoms with E-state index in [-0.39, 0.29) is 11.1 Å². The zero-order valence-corrected chi connectivity index (χ0v) is 20.1. The van der Waals surface area contributed by atoms with Crippen molar-refractivity contribution < 1.29 is 14.4 Å². The van der Waals surface area contributed by atoms with Crippen molar-refractivity contribution in [1.29, 1.82) is 0 Å². The lowest BCUT2D eigenvalue weighted by atomic mass is 9.88. The molecular formula is C26H26ClN3O3. The van der Waals surface area contributed by atoms with E-state index < -0.39 is 17.8 Å². The number of imide groups is 2. The topological polar surface area (TPSA) is 69.7 Å². The van der Waals surface area contributed by atoms with E-state index in [1.54, 1.807) is 12.1 Å². The number of likely N-dealkylation sites (N-methyl/N-ethyl adjacent to an activating group) is 1. The van der Waals surface area contributed by atoms with Crippen molar-refractivity contribution in [2.45, 2.75) is 39.7 Å². The fraction of sp³-hybridized carbons (Fsp3) is 0.269. The zero-order valence-electron chi connectivity index (χ0n) is 19.3. The molecule has 0 spiro atoms. The first-order valence-electron chi connectivity index (χ1n) is 10.8. The third-order valence-corrected chi connectivity index (χ3v) is 6.68. The van der Waals surface area contributed by atoms with Crippen LogP contribution in [0.25, 0.3) is 11.6 Å². The summed E-state index contributed by atoms with van der Waals surface area (Å²) in [6, 6.07) is 10.1. The molecule has 170 valence electrons. The number of allylic oxidation sites excluding steroid dienone is 1. The average molecular weight is 464 g/mol. The smallest absolute Gasteiger partial charge is 0.335 e. The van der Waals surface area contributed by atoms with Crippen LogP contribution >= 0.6 is 11.6 Å². The highest BCUT2D eigenvalue weighted by molar-refractivity contribution is 6.40. The second kappa shape index (κ2) is 8.19. The Morgan fingerprint density at radius 2 is 1.79 bits per heavy atom. The van der Waals surface area contributed by atoms with E-state index in [0.717, 1.165) is 27.3 Å². The molecule has 0 aromatic heterocycles. The molecule has 1 N–H and O–H groups in total. The lowest BCUT2D eigenvalue weighted by molar-refractivity contribution is -0.122. The van der Waals surface area contributed by atoms with Crippen molar-refractivity contribution in [3.63, 3.8) is 0 Å². The molecule has 0 aliphatic carbocycles. The van der Waals surface area contributed by atoms with Gasteiger partial charge in [0.1, 0.15) is 5.57 Å². The summed E-state index contributed by atoms with van der Waals surface area (Å²) in [7, 11) is 2.00. The number of anilines is 2. The highest BCUT2D eigenvalue weighted by Gasteiger charge is 2.38. The minimum absolute atomic E-state index is 0.145. The molecule has 6 nitrogen and oxygen atoms in total. The fourth-order valence-electron chi connectivity index (χ4n) is 4.36. The molecule has 2 aromatic rings. The summed E-state index contributed by atoms with van der Waals surface area (Å²) in [5.74, 6) is -1.42. The van der Waals surface area contributed by atoms with Crippen LogP contribution in [0.5, 0.6) is 0 Å². The maximum absolute atomic E-state index is 13.3. The number of amides is 4. The Labute approximate surface area is 198 Å². The van der Waals surface area contributed by atoms with Gasteiger partial charge in [-0.05, 0) is 68.2 Å². The van der Waals surface area contributed by atoms with Crippen LogP contribution in [0.4, 0.5) is 16.2 Å². The highest BCUT2D eigenvalue weighted by Crippen LogP contribution is 2.41. The number of urea groups is 1. The summed E-state index contributed by atoms with van der Waals surface area (Å²) in [6.45, 7) is 8.20. The number of carbonyl (C=O) groups is 3. The van der Waals surface area contributed by atoms with Crippen LogP contribution in [0.1, 0.15) is 44.4 Å². The molecule has 0 bridgehead atoms. The number of barbiturate groups is 1. The minimum atomic E-state index is -0.762. The molecule has 4 rings (SSSR count). The zero-order chi connectivity index (χ0) is 24.1. The highest BCUT2D eigenvalue weighted by atomic mass is 35.5. The Hall–Kier alpha value is -3.38. The van der Waals surface area contributed by atoms with Gasteiger partial charge >= 0.3 is 6.03 Å². The third kappa shape index (κ3) is 3.85. The van der Waals surface area contributed by atoms with E-state index in [0.29, 0.717) is 22.7 Å². The predicted molar refractivity (Wildman–Crippen MR) is 132 cm³/mol. The molecule has 2 aliphatic rings. The van der Waals surface area contributed by atoms with Gasteiger partial charge in [0.15, 0.2) is 0 Å². The fourth-order valence-corrected chi connectivity index (χ4v) is 4.57. The Kier molecular flexibility index (Phi) is 5.66. The van der Waals surface area contributed by atoms with Crippen molar-refractivity contribution in [2.24, 2.45) is 0 Å². The molecule has 2 heterocycles. The first kappa shape index (κ1) is 22.8. The summed E-state index contributed by atoms with van der Waals surface area (Å²) in [4.78, 5) is 41.7. The van der Waals surface area contributed by atoms with Gasteiger partial charge in [0.2, 0.25) is 0 Å². The molecule has 1 fully saturated rings. The van der Waals surface area contributed by atoms with Gasteiger partial charge in [-0.1, -0.05) is 42.8 Å². The number of hydrogen-bond donors (Lipinski definition) is 1.